The molecule has 1 N–H and O–H groups in total. The smallest absolute Gasteiger partial charge is 0.339 e. The van der Waals surface area contributed by atoms with Crippen LogP contribution in [-0.2, 0) is 23.7 Å². The van der Waals surface area contributed by atoms with Crippen molar-refractivity contribution in [2.75, 3.05) is 0 Å². The molecule has 0 unspecified atom stereocenters. The van der Waals surface area contributed by atoms with Crippen LogP contribution in [0.5, 0.6) is 0 Å². The molecule has 0 bridgehead atoms. The van der Waals surface area contributed by atoms with Gasteiger partial charge in [-0.3, -0.25) is 0 Å². The normalized spacial score (nSPS) is 32.7. The second kappa shape index (κ2) is 7.37. The van der Waals surface area contributed by atoms with Crippen molar-refractivity contribution >= 4 is 38.3 Å². The van der Waals surface area contributed by atoms with Crippen LogP contribution in [0.25, 0.3) is 32.3 Å². The van der Waals surface area contributed by atoms with Crippen molar-refractivity contribution in [2.45, 2.75) is 75.9 Å². The number of benzene rings is 4. The first-order valence-corrected chi connectivity index (χ1v) is 12.4. The lowest BCUT2D eigenvalue weighted by molar-refractivity contribution is -0.185. The van der Waals surface area contributed by atoms with Gasteiger partial charge < -0.3 is 28.8 Å². The fourth-order valence-corrected chi connectivity index (χ4v) is 6.28. The van der Waals surface area contributed by atoms with Crippen LogP contribution in [0.15, 0.2) is 54.6 Å². The van der Waals surface area contributed by atoms with Crippen molar-refractivity contribution in [3.63, 3.8) is 0 Å². The molecule has 0 amide bonds. The summed E-state index contributed by atoms with van der Waals surface area (Å²) in [7, 11) is 0. The highest BCUT2D eigenvalue weighted by Gasteiger charge is 2.64. The molecule has 2 heterocycles. The highest BCUT2D eigenvalue weighted by molar-refractivity contribution is 6.25. The minimum Gasteiger partial charge on any atom is -0.453 e. The van der Waals surface area contributed by atoms with Gasteiger partial charge in [0, 0.05) is 0 Å². The average molecular weight is 489 g/mol. The van der Waals surface area contributed by atoms with E-state index in [-0.39, 0.29) is 0 Å². The Morgan fingerprint density at radius 3 is 1.94 bits per heavy atom. The van der Waals surface area contributed by atoms with Gasteiger partial charge in [0.15, 0.2) is 17.7 Å². The molecule has 7 heteroatoms. The van der Waals surface area contributed by atoms with E-state index < -0.39 is 54.2 Å². The zero-order valence-electron chi connectivity index (χ0n) is 20.6. The minimum atomic E-state index is -1.14. The molecule has 0 radical (unpaired) electrons. The molecular formula is C29H28O7. The van der Waals surface area contributed by atoms with E-state index in [0.29, 0.717) is 5.56 Å². The van der Waals surface area contributed by atoms with Gasteiger partial charge in [-0.15, -0.1) is 0 Å². The number of fused-ring (bicyclic) bond motifs is 3. The van der Waals surface area contributed by atoms with Crippen LogP contribution < -0.4 is 0 Å². The van der Waals surface area contributed by atoms with E-state index >= 15 is 0 Å². The van der Waals surface area contributed by atoms with Crippen LogP contribution in [0.2, 0.25) is 0 Å². The van der Waals surface area contributed by atoms with Crippen molar-refractivity contribution in [2.24, 2.45) is 0 Å². The summed E-state index contributed by atoms with van der Waals surface area (Å²) >= 11 is 0. The first kappa shape index (κ1) is 22.4. The monoisotopic (exact) mass is 488 g/mol. The number of ether oxygens (including phenoxy) is 5. The average Bonchev–Trinajstić information content (AvgIpc) is 3.35. The summed E-state index contributed by atoms with van der Waals surface area (Å²) in [5, 5.41) is 17.6. The predicted octanol–water partition coefficient (Wildman–Crippen LogP) is 4.52. The third-order valence-corrected chi connectivity index (χ3v) is 7.64. The van der Waals surface area contributed by atoms with Gasteiger partial charge in [-0.25, -0.2) is 4.79 Å². The highest BCUT2D eigenvalue weighted by Crippen LogP contribution is 2.46. The molecule has 36 heavy (non-hydrogen) atoms. The lowest BCUT2D eigenvalue weighted by Gasteiger charge is -2.40. The van der Waals surface area contributed by atoms with Crippen molar-refractivity contribution in [1.29, 1.82) is 0 Å². The standard InChI is InChI=1S/C29H28O7/c1-28(2)33-23-21(30)22(24-26(25(23)35-28)36-29(3,4)34-24)32-27(31)18-13-11-16-9-8-14-6-5-7-15-10-12-17(18)20(16)19(14)15/h5-13,21-26,30H,1-4H3/t21-,22-,23+,24-,25-,26-/m1/s1. The van der Waals surface area contributed by atoms with E-state index in [0.717, 1.165) is 32.3 Å². The fraction of sp³-hybridized carbons (Fsp3) is 0.414. The molecular weight excluding hydrogens is 460 g/mol. The van der Waals surface area contributed by atoms with Gasteiger partial charge in [-0.1, -0.05) is 48.5 Å². The van der Waals surface area contributed by atoms with E-state index in [1.54, 1.807) is 33.8 Å². The van der Waals surface area contributed by atoms with Gasteiger partial charge in [0.1, 0.15) is 30.5 Å². The lowest BCUT2D eigenvalue weighted by atomic mass is 9.85. The van der Waals surface area contributed by atoms with E-state index in [9.17, 15) is 9.90 Å². The van der Waals surface area contributed by atoms with Crippen LogP contribution in [-0.4, -0.2) is 59.3 Å². The Bertz CT molecular complexity index is 1490. The number of aliphatic hydroxyl groups is 1. The molecule has 2 saturated heterocycles. The molecule has 6 atom stereocenters. The summed E-state index contributed by atoms with van der Waals surface area (Å²) in [6.45, 7) is 7.18. The molecule has 0 aromatic heterocycles. The molecule has 186 valence electrons. The largest absolute Gasteiger partial charge is 0.453 e. The third kappa shape index (κ3) is 3.20. The molecule has 4 aromatic carbocycles. The van der Waals surface area contributed by atoms with Gasteiger partial charge in [0.25, 0.3) is 0 Å². The van der Waals surface area contributed by atoms with Crippen LogP contribution in [0.1, 0.15) is 38.1 Å². The minimum absolute atomic E-state index is 0.439. The quantitative estimate of drug-likeness (QED) is 0.328. The Morgan fingerprint density at radius 2 is 1.25 bits per heavy atom. The van der Waals surface area contributed by atoms with Crippen LogP contribution in [0.4, 0.5) is 0 Å². The van der Waals surface area contributed by atoms with Crippen molar-refractivity contribution in [1.82, 2.24) is 0 Å². The van der Waals surface area contributed by atoms with Crippen molar-refractivity contribution in [3.05, 3.63) is 60.2 Å². The van der Waals surface area contributed by atoms with Gasteiger partial charge in [0.2, 0.25) is 0 Å². The number of hydrogen-bond donors (Lipinski definition) is 1. The molecule has 0 spiro atoms. The molecule has 1 aliphatic carbocycles. The van der Waals surface area contributed by atoms with E-state index in [2.05, 4.69) is 24.3 Å². The number of hydrogen-bond acceptors (Lipinski definition) is 7. The Labute approximate surface area is 208 Å². The Kier molecular flexibility index (Phi) is 4.58. The topological polar surface area (TPSA) is 83.5 Å². The first-order chi connectivity index (χ1) is 17.1. The molecule has 7 rings (SSSR count). The van der Waals surface area contributed by atoms with Crippen molar-refractivity contribution in [3.8, 4) is 0 Å². The van der Waals surface area contributed by atoms with Crippen LogP contribution >= 0.6 is 0 Å². The van der Waals surface area contributed by atoms with Gasteiger partial charge in [-0.2, -0.15) is 0 Å². The summed E-state index contributed by atoms with van der Waals surface area (Å²) in [5.74, 6) is -2.35. The number of carbonyl (C=O) groups excluding carboxylic acids is 1. The van der Waals surface area contributed by atoms with Gasteiger partial charge >= 0.3 is 5.97 Å². The van der Waals surface area contributed by atoms with E-state index in [1.165, 1.54) is 0 Å². The maximum absolute atomic E-state index is 13.7. The fourth-order valence-electron chi connectivity index (χ4n) is 6.28. The Balaban J connectivity index is 1.29. The van der Waals surface area contributed by atoms with Crippen LogP contribution in [0.3, 0.4) is 0 Å². The second-order valence-electron chi connectivity index (χ2n) is 11.0. The van der Waals surface area contributed by atoms with E-state index in [1.807, 2.05) is 24.3 Å². The number of aliphatic hydroxyl groups excluding tert-OH is 1. The maximum atomic E-state index is 13.7. The zero-order valence-corrected chi connectivity index (χ0v) is 20.6. The lowest BCUT2D eigenvalue weighted by Crippen LogP contribution is -2.62. The highest BCUT2D eigenvalue weighted by atomic mass is 16.8. The molecule has 2 aliphatic heterocycles. The zero-order chi connectivity index (χ0) is 25.0. The summed E-state index contributed by atoms with van der Waals surface area (Å²) in [6.07, 6.45) is -4.61. The predicted molar refractivity (Wildman–Crippen MR) is 133 cm³/mol. The molecule has 3 fully saturated rings. The number of carbonyl (C=O) groups is 1. The van der Waals surface area contributed by atoms with Crippen LogP contribution in [0, 0.1) is 0 Å². The summed E-state index contributed by atoms with van der Waals surface area (Å²) < 4.78 is 30.4. The number of esters is 1. The SMILES string of the molecule is CC1(C)O[C@@H]2[C@H](O1)[C@H](OC(=O)c1ccc3ccc4cccc5ccc1c3c45)[C@@H](O)[C@@H]1OC(C)(C)O[C@@H]21. The van der Waals surface area contributed by atoms with Gasteiger partial charge in [-0.05, 0) is 66.1 Å². The summed E-state index contributed by atoms with van der Waals surface area (Å²) in [6, 6.07) is 18.1. The van der Waals surface area contributed by atoms with Gasteiger partial charge in [0.05, 0.1) is 5.56 Å². The van der Waals surface area contributed by atoms with E-state index in [4.69, 9.17) is 23.7 Å². The number of rotatable bonds is 2. The Hall–Kier alpha value is -2.81. The molecule has 3 aliphatic rings. The summed E-state index contributed by atoms with van der Waals surface area (Å²) in [4.78, 5) is 13.7. The second-order valence-corrected chi connectivity index (χ2v) is 11.0. The molecule has 4 aromatic rings. The first-order valence-electron chi connectivity index (χ1n) is 12.4. The van der Waals surface area contributed by atoms with Crippen molar-refractivity contribution < 1.29 is 33.6 Å². The maximum Gasteiger partial charge on any atom is 0.339 e. The molecule has 7 nitrogen and oxygen atoms in total. The Morgan fingerprint density at radius 1 is 0.722 bits per heavy atom. The summed E-state index contributed by atoms with van der Waals surface area (Å²) in [5.41, 5.74) is 0.439. The third-order valence-electron chi connectivity index (χ3n) is 7.64. The molecule has 1 saturated carbocycles.